The molecule has 2 N–H and O–H groups in total. The van der Waals surface area contributed by atoms with E-state index in [1.807, 2.05) is 0 Å². The minimum Gasteiger partial charge on any atom is -0.462 e. The number of carbonyl (C=O) groups is 1. The highest BCUT2D eigenvalue weighted by atomic mass is 35.5. The van der Waals surface area contributed by atoms with Gasteiger partial charge in [-0.05, 0) is 31.2 Å². The number of rotatable bonds is 4. The first-order valence-corrected chi connectivity index (χ1v) is 7.64. The van der Waals surface area contributed by atoms with Crippen LogP contribution in [0, 0.1) is 0 Å². The van der Waals surface area contributed by atoms with Gasteiger partial charge in [0.25, 0.3) is 0 Å². The van der Waals surface area contributed by atoms with Gasteiger partial charge in [0.1, 0.15) is 5.03 Å². The van der Waals surface area contributed by atoms with Gasteiger partial charge in [0.05, 0.1) is 22.2 Å². The van der Waals surface area contributed by atoms with Crippen LogP contribution >= 0.6 is 35.0 Å². The van der Waals surface area contributed by atoms with Crippen molar-refractivity contribution in [2.24, 2.45) is 0 Å². The van der Waals surface area contributed by atoms with Crippen molar-refractivity contribution in [1.29, 1.82) is 0 Å². The lowest BCUT2D eigenvalue weighted by atomic mass is 10.2. The summed E-state index contributed by atoms with van der Waals surface area (Å²) in [6.07, 6.45) is 1.53. The molecule has 0 saturated carbocycles. The maximum Gasteiger partial charge on any atom is 0.339 e. The largest absolute Gasteiger partial charge is 0.462 e. The molecule has 0 amide bonds. The van der Waals surface area contributed by atoms with Crippen molar-refractivity contribution >= 4 is 46.6 Å². The minimum atomic E-state index is -0.469. The Kier molecular flexibility index (Phi) is 5.33. The molecule has 110 valence electrons. The Morgan fingerprint density at radius 2 is 2.14 bits per heavy atom. The fraction of sp³-hybridized carbons (Fsp3) is 0.143. The zero-order valence-electron chi connectivity index (χ0n) is 11.1. The van der Waals surface area contributed by atoms with Crippen LogP contribution in [0.4, 0.5) is 5.69 Å². The number of aromatic nitrogens is 1. The molecule has 2 aromatic rings. The second-order valence-corrected chi connectivity index (χ2v) is 5.89. The quantitative estimate of drug-likeness (QED) is 0.662. The van der Waals surface area contributed by atoms with Crippen LogP contribution in [0.25, 0.3) is 0 Å². The average molecular weight is 343 g/mol. The molecular weight excluding hydrogens is 331 g/mol. The average Bonchev–Trinajstić information content (AvgIpc) is 2.44. The van der Waals surface area contributed by atoms with E-state index < -0.39 is 5.97 Å². The Hall–Kier alpha value is -1.43. The van der Waals surface area contributed by atoms with E-state index in [1.54, 1.807) is 31.2 Å². The summed E-state index contributed by atoms with van der Waals surface area (Å²) in [5.74, 6) is -0.469. The number of ether oxygens (including phenoxy) is 1. The van der Waals surface area contributed by atoms with Crippen molar-refractivity contribution in [3.05, 3.63) is 46.1 Å². The summed E-state index contributed by atoms with van der Waals surface area (Å²) in [6.45, 7) is 2.01. The molecule has 0 bridgehead atoms. The lowest BCUT2D eigenvalue weighted by molar-refractivity contribution is 0.0522. The van der Waals surface area contributed by atoms with Gasteiger partial charge < -0.3 is 10.5 Å². The van der Waals surface area contributed by atoms with Crippen molar-refractivity contribution in [2.45, 2.75) is 16.8 Å². The van der Waals surface area contributed by atoms with Crippen LogP contribution in [-0.4, -0.2) is 17.6 Å². The van der Waals surface area contributed by atoms with Crippen molar-refractivity contribution in [3.63, 3.8) is 0 Å². The van der Waals surface area contributed by atoms with Gasteiger partial charge in [0, 0.05) is 16.8 Å². The van der Waals surface area contributed by atoms with Crippen molar-refractivity contribution < 1.29 is 9.53 Å². The van der Waals surface area contributed by atoms with Crippen molar-refractivity contribution in [3.8, 4) is 0 Å². The summed E-state index contributed by atoms with van der Waals surface area (Å²) in [5.41, 5.74) is 6.46. The third-order valence-corrected chi connectivity index (χ3v) is 4.20. The molecule has 21 heavy (non-hydrogen) atoms. The zero-order valence-corrected chi connectivity index (χ0v) is 13.4. The summed E-state index contributed by atoms with van der Waals surface area (Å²) in [5, 5.41) is 1.57. The van der Waals surface area contributed by atoms with E-state index in [1.165, 1.54) is 18.0 Å². The highest BCUT2D eigenvalue weighted by molar-refractivity contribution is 7.99. The smallest absolute Gasteiger partial charge is 0.339 e. The molecule has 0 spiro atoms. The summed E-state index contributed by atoms with van der Waals surface area (Å²) in [7, 11) is 0. The third-order valence-electron chi connectivity index (χ3n) is 2.47. The summed E-state index contributed by atoms with van der Waals surface area (Å²) in [6, 6.07) is 6.59. The number of nitrogens with two attached hydrogens (primary N) is 1. The molecular formula is C14H12Cl2N2O2S. The molecule has 0 unspecified atom stereocenters. The van der Waals surface area contributed by atoms with Crippen LogP contribution in [0.3, 0.4) is 0 Å². The molecule has 0 aliphatic carbocycles. The highest BCUT2D eigenvalue weighted by Crippen LogP contribution is 2.37. The van der Waals surface area contributed by atoms with Crippen molar-refractivity contribution in [1.82, 2.24) is 4.98 Å². The zero-order chi connectivity index (χ0) is 15.4. The lowest BCUT2D eigenvalue weighted by Crippen LogP contribution is -2.07. The Labute approximate surface area is 136 Å². The summed E-state index contributed by atoms with van der Waals surface area (Å²) < 4.78 is 5.03. The molecule has 0 radical (unpaired) electrons. The minimum absolute atomic E-state index is 0.272. The summed E-state index contributed by atoms with van der Waals surface area (Å²) in [4.78, 5) is 16.8. The van der Waals surface area contributed by atoms with E-state index in [0.29, 0.717) is 31.2 Å². The number of hydrogen-bond donors (Lipinski definition) is 1. The SMILES string of the molecule is CCOC(=O)c1cc(N)cc(Cl)c1Sc1ccc(Cl)cn1. The van der Waals surface area contributed by atoms with Crippen LogP contribution in [-0.2, 0) is 4.74 Å². The van der Waals surface area contributed by atoms with Gasteiger partial charge in [0.2, 0.25) is 0 Å². The molecule has 0 atom stereocenters. The van der Waals surface area contributed by atoms with Gasteiger partial charge in [-0.25, -0.2) is 9.78 Å². The van der Waals surface area contributed by atoms with E-state index in [9.17, 15) is 4.79 Å². The first-order valence-electron chi connectivity index (χ1n) is 6.06. The maximum atomic E-state index is 12.0. The van der Waals surface area contributed by atoms with Crippen LogP contribution in [0.5, 0.6) is 0 Å². The normalized spacial score (nSPS) is 10.4. The first-order chi connectivity index (χ1) is 10.0. The molecule has 0 saturated heterocycles. The predicted molar refractivity (Wildman–Crippen MR) is 85.2 cm³/mol. The summed E-state index contributed by atoms with van der Waals surface area (Å²) >= 11 is 13.3. The number of anilines is 1. The monoisotopic (exact) mass is 342 g/mol. The molecule has 0 aliphatic heterocycles. The highest BCUT2D eigenvalue weighted by Gasteiger charge is 2.18. The number of carbonyl (C=O) groups excluding carboxylic acids is 1. The number of hydrogen-bond acceptors (Lipinski definition) is 5. The Bertz CT molecular complexity index is 663. The molecule has 7 heteroatoms. The van der Waals surface area contributed by atoms with Gasteiger partial charge in [-0.3, -0.25) is 0 Å². The van der Waals surface area contributed by atoms with E-state index in [0.717, 1.165) is 0 Å². The number of nitrogen functional groups attached to an aromatic ring is 1. The molecule has 2 rings (SSSR count). The molecule has 1 aromatic carbocycles. The predicted octanol–water partition coefficient (Wildman–Crippen LogP) is 4.30. The third kappa shape index (κ3) is 4.03. The Morgan fingerprint density at radius 1 is 1.38 bits per heavy atom. The fourth-order valence-electron chi connectivity index (χ4n) is 1.61. The Balaban J connectivity index is 2.41. The van der Waals surface area contributed by atoms with Gasteiger partial charge >= 0.3 is 5.97 Å². The van der Waals surface area contributed by atoms with E-state index in [4.69, 9.17) is 33.7 Å². The maximum absolute atomic E-state index is 12.0. The van der Waals surface area contributed by atoms with Gasteiger partial charge in [-0.15, -0.1) is 0 Å². The number of benzene rings is 1. The first kappa shape index (κ1) is 15.9. The number of pyridine rings is 1. The topological polar surface area (TPSA) is 65.2 Å². The fourth-order valence-corrected chi connectivity index (χ4v) is 2.92. The number of halogens is 2. The Morgan fingerprint density at radius 3 is 2.76 bits per heavy atom. The molecule has 4 nitrogen and oxygen atoms in total. The van der Waals surface area contributed by atoms with E-state index in [-0.39, 0.29) is 6.61 Å². The lowest BCUT2D eigenvalue weighted by Gasteiger charge is -2.11. The van der Waals surface area contributed by atoms with Gasteiger partial charge in [0.15, 0.2) is 0 Å². The molecule has 1 aromatic heterocycles. The van der Waals surface area contributed by atoms with E-state index in [2.05, 4.69) is 4.98 Å². The molecule has 0 fully saturated rings. The second-order valence-electron chi connectivity index (χ2n) is 4.02. The van der Waals surface area contributed by atoms with Crippen LogP contribution in [0.2, 0.25) is 10.0 Å². The second kappa shape index (κ2) is 7.02. The molecule has 1 heterocycles. The van der Waals surface area contributed by atoms with E-state index >= 15 is 0 Å². The number of esters is 1. The standard InChI is InChI=1S/C14H12Cl2N2O2S/c1-2-20-14(19)10-5-9(17)6-11(16)13(10)21-12-4-3-8(15)7-18-12/h3-7H,2,17H2,1H3. The molecule has 0 aliphatic rings. The van der Waals surface area contributed by atoms with Crippen LogP contribution < -0.4 is 5.73 Å². The van der Waals surface area contributed by atoms with Crippen LogP contribution in [0.1, 0.15) is 17.3 Å². The van der Waals surface area contributed by atoms with Crippen LogP contribution in [0.15, 0.2) is 40.4 Å². The number of nitrogens with zero attached hydrogens (tertiary/aromatic N) is 1. The van der Waals surface area contributed by atoms with Gasteiger partial charge in [-0.1, -0.05) is 35.0 Å². The van der Waals surface area contributed by atoms with Crippen molar-refractivity contribution in [2.75, 3.05) is 12.3 Å². The van der Waals surface area contributed by atoms with Gasteiger partial charge in [-0.2, -0.15) is 0 Å².